The first-order chi connectivity index (χ1) is 17.7. The minimum absolute atomic E-state index is 0.0878. The van der Waals surface area contributed by atoms with Crippen molar-refractivity contribution in [3.05, 3.63) is 71.4 Å². The van der Waals surface area contributed by atoms with Crippen molar-refractivity contribution in [1.82, 2.24) is 24.9 Å². The van der Waals surface area contributed by atoms with Gasteiger partial charge in [0.15, 0.2) is 5.65 Å². The lowest BCUT2D eigenvalue weighted by atomic mass is 10.0. The highest BCUT2D eigenvalue weighted by molar-refractivity contribution is 5.96. The SMILES string of the molecule is [2H]C([2H])([2H])Nc1nc2cc(-c3cnc(C)c(C(=O)N[C@H](C)c4cc(OC(F)(F)F)ccc4F)c3)ccn2n1. The normalized spacial score (nSPS) is 14.1. The number of nitrogens with one attached hydrogen (secondary N) is 2. The number of aromatic nitrogens is 4. The van der Waals surface area contributed by atoms with E-state index in [1.54, 1.807) is 31.3 Å². The Balaban J connectivity index is 1.57. The van der Waals surface area contributed by atoms with Crippen LogP contribution in [0.3, 0.4) is 0 Å². The molecule has 0 aliphatic carbocycles. The molecule has 8 nitrogen and oxygen atoms in total. The first-order valence-electron chi connectivity index (χ1n) is 11.7. The summed E-state index contributed by atoms with van der Waals surface area (Å²) in [5, 5.41) is 8.83. The molecule has 0 aliphatic rings. The maximum absolute atomic E-state index is 14.3. The number of fused-ring (bicyclic) bond motifs is 1. The molecule has 3 aromatic heterocycles. The molecule has 4 rings (SSSR count). The van der Waals surface area contributed by atoms with Crippen LogP contribution in [0.25, 0.3) is 16.8 Å². The number of carbonyl (C=O) groups excluding carboxylic acids is 1. The highest BCUT2D eigenvalue weighted by Gasteiger charge is 2.31. The van der Waals surface area contributed by atoms with Crippen LogP contribution in [0.5, 0.6) is 5.75 Å². The van der Waals surface area contributed by atoms with Gasteiger partial charge < -0.3 is 15.4 Å². The predicted molar refractivity (Wildman–Crippen MR) is 119 cm³/mol. The van der Waals surface area contributed by atoms with Gasteiger partial charge >= 0.3 is 6.36 Å². The number of amides is 1. The topological polar surface area (TPSA) is 93.4 Å². The number of nitrogens with zero attached hydrogens (tertiary/aromatic N) is 4. The molecule has 3 heterocycles. The van der Waals surface area contributed by atoms with Gasteiger partial charge in [-0.05, 0) is 55.8 Å². The molecule has 182 valence electrons. The molecule has 1 amide bonds. The van der Waals surface area contributed by atoms with Crippen molar-refractivity contribution in [3.63, 3.8) is 0 Å². The molecule has 35 heavy (non-hydrogen) atoms. The molecular weight excluding hydrogens is 468 g/mol. The Morgan fingerprint density at radius 2 is 2.00 bits per heavy atom. The molecule has 0 saturated heterocycles. The molecule has 0 radical (unpaired) electrons. The summed E-state index contributed by atoms with van der Waals surface area (Å²) in [7, 11) is 0. The summed E-state index contributed by atoms with van der Waals surface area (Å²) < 4.78 is 79.1. The van der Waals surface area contributed by atoms with Crippen molar-refractivity contribution in [3.8, 4) is 16.9 Å². The van der Waals surface area contributed by atoms with Gasteiger partial charge in [-0.2, -0.15) is 4.98 Å². The lowest BCUT2D eigenvalue weighted by molar-refractivity contribution is -0.274. The molecule has 2 N–H and O–H groups in total. The number of alkyl halides is 3. The van der Waals surface area contributed by atoms with E-state index in [0.29, 0.717) is 22.5 Å². The van der Waals surface area contributed by atoms with E-state index >= 15 is 0 Å². The number of benzene rings is 1. The van der Waals surface area contributed by atoms with Gasteiger partial charge in [0.05, 0.1) is 17.3 Å². The second-order valence-corrected chi connectivity index (χ2v) is 7.56. The molecule has 0 aliphatic heterocycles. The van der Waals surface area contributed by atoms with Gasteiger partial charge in [-0.15, -0.1) is 18.3 Å². The third-order valence-electron chi connectivity index (χ3n) is 5.13. The summed E-state index contributed by atoms with van der Waals surface area (Å²) in [6.45, 7) is 0.546. The maximum Gasteiger partial charge on any atom is 0.573 e. The van der Waals surface area contributed by atoms with Crippen molar-refractivity contribution < 1.29 is 31.2 Å². The summed E-state index contributed by atoms with van der Waals surface area (Å²) in [4.78, 5) is 21.4. The summed E-state index contributed by atoms with van der Waals surface area (Å²) in [6.07, 6.45) is -1.87. The fourth-order valence-electron chi connectivity index (χ4n) is 3.44. The molecule has 4 aromatic rings. The lowest BCUT2D eigenvalue weighted by Crippen LogP contribution is -2.28. The molecule has 12 heteroatoms. The molecule has 0 unspecified atom stereocenters. The summed E-state index contributed by atoms with van der Waals surface area (Å²) in [5.41, 5.74) is 1.79. The van der Waals surface area contributed by atoms with Crippen molar-refractivity contribution in [2.75, 3.05) is 12.3 Å². The van der Waals surface area contributed by atoms with Crippen LogP contribution in [0.4, 0.5) is 23.5 Å². The number of halogens is 4. The number of hydrogen-bond donors (Lipinski definition) is 2. The van der Waals surface area contributed by atoms with Crippen LogP contribution in [0.2, 0.25) is 0 Å². The Labute approximate surface area is 201 Å². The van der Waals surface area contributed by atoms with Crippen LogP contribution in [0, 0.1) is 12.7 Å². The number of carbonyl (C=O) groups is 1. The second-order valence-electron chi connectivity index (χ2n) is 7.56. The standard InChI is InChI=1S/C23H20F4N6O2/c1-12-18(8-15(11-29-12)14-6-7-33-20(9-14)31-22(28-3)32-33)21(34)30-13(2)17-10-16(4-5-19(17)24)35-23(25,26)27/h4-11,13H,1-3H3,(H,28,32)(H,30,34)/t13-/m1/s1/i3D3. The Morgan fingerprint density at radius 3 is 2.74 bits per heavy atom. The van der Waals surface area contributed by atoms with Crippen molar-refractivity contribution in [1.29, 1.82) is 0 Å². The molecule has 0 saturated carbocycles. The van der Waals surface area contributed by atoms with Gasteiger partial charge in [-0.1, -0.05) is 0 Å². The van der Waals surface area contributed by atoms with E-state index in [-0.39, 0.29) is 17.1 Å². The highest BCUT2D eigenvalue weighted by Crippen LogP contribution is 2.28. The van der Waals surface area contributed by atoms with E-state index in [0.717, 1.165) is 18.2 Å². The van der Waals surface area contributed by atoms with Crippen LogP contribution in [0.15, 0.2) is 48.8 Å². The fraction of sp³-hybridized carbons (Fsp3) is 0.217. The van der Waals surface area contributed by atoms with Crippen molar-refractivity contribution in [2.45, 2.75) is 26.3 Å². The van der Waals surface area contributed by atoms with Gasteiger partial charge in [-0.3, -0.25) is 9.78 Å². The molecule has 0 spiro atoms. The third-order valence-corrected chi connectivity index (χ3v) is 5.13. The van der Waals surface area contributed by atoms with Gasteiger partial charge in [0.25, 0.3) is 5.91 Å². The number of rotatable bonds is 6. The van der Waals surface area contributed by atoms with Gasteiger partial charge in [0.1, 0.15) is 11.6 Å². The number of ether oxygens (including phenoxy) is 1. The van der Waals surface area contributed by atoms with Crippen LogP contribution in [0.1, 0.15) is 38.7 Å². The van der Waals surface area contributed by atoms with E-state index in [1.165, 1.54) is 17.6 Å². The number of pyridine rings is 2. The number of anilines is 1. The Morgan fingerprint density at radius 1 is 1.20 bits per heavy atom. The minimum atomic E-state index is -4.95. The maximum atomic E-state index is 14.3. The van der Waals surface area contributed by atoms with Crippen LogP contribution >= 0.6 is 0 Å². The van der Waals surface area contributed by atoms with Crippen LogP contribution < -0.4 is 15.4 Å². The monoisotopic (exact) mass is 491 g/mol. The zero-order valence-electron chi connectivity index (χ0n) is 21.3. The summed E-state index contributed by atoms with van der Waals surface area (Å²) in [6, 6.07) is 6.37. The van der Waals surface area contributed by atoms with E-state index < -0.39 is 36.9 Å². The first kappa shape index (κ1) is 20.2. The molecule has 1 atom stereocenters. The van der Waals surface area contributed by atoms with E-state index in [4.69, 9.17) is 4.11 Å². The van der Waals surface area contributed by atoms with Gasteiger partial charge in [0, 0.05) is 34.6 Å². The van der Waals surface area contributed by atoms with Crippen molar-refractivity contribution in [2.24, 2.45) is 0 Å². The van der Waals surface area contributed by atoms with Crippen LogP contribution in [-0.4, -0.2) is 38.8 Å². The van der Waals surface area contributed by atoms with E-state index in [2.05, 4.69) is 30.4 Å². The van der Waals surface area contributed by atoms with Crippen molar-refractivity contribution >= 4 is 17.5 Å². The summed E-state index contributed by atoms with van der Waals surface area (Å²) >= 11 is 0. The second kappa shape index (κ2) is 9.20. The lowest BCUT2D eigenvalue weighted by Gasteiger charge is -2.18. The molecule has 0 fully saturated rings. The molecular formula is C23H20F4N6O2. The zero-order valence-corrected chi connectivity index (χ0v) is 18.3. The Kier molecular flexibility index (Phi) is 5.30. The quantitative estimate of drug-likeness (QED) is 0.381. The highest BCUT2D eigenvalue weighted by atomic mass is 19.4. The average molecular weight is 491 g/mol. The molecule has 1 aromatic carbocycles. The molecule has 0 bridgehead atoms. The summed E-state index contributed by atoms with van der Waals surface area (Å²) in [5.74, 6) is -2.14. The van der Waals surface area contributed by atoms with E-state index in [9.17, 15) is 22.4 Å². The Bertz CT molecular complexity index is 1510. The predicted octanol–water partition coefficient (Wildman–Crippen LogP) is 4.67. The smallest absolute Gasteiger partial charge is 0.406 e. The van der Waals surface area contributed by atoms with E-state index in [1.807, 2.05) is 0 Å². The number of hydrogen-bond acceptors (Lipinski definition) is 6. The third kappa shape index (κ3) is 5.31. The minimum Gasteiger partial charge on any atom is -0.406 e. The average Bonchev–Trinajstić information content (AvgIpc) is 3.19. The fourth-order valence-corrected chi connectivity index (χ4v) is 3.44. The first-order valence-corrected chi connectivity index (χ1v) is 10.2. The van der Waals surface area contributed by atoms with Gasteiger partial charge in [0.2, 0.25) is 5.95 Å². The number of aryl methyl sites for hydroxylation is 1. The largest absolute Gasteiger partial charge is 0.573 e. The van der Waals surface area contributed by atoms with Crippen LogP contribution in [-0.2, 0) is 0 Å². The zero-order chi connectivity index (χ0) is 27.8. The Hall–Kier alpha value is -4.22. The van der Waals surface area contributed by atoms with Gasteiger partial charge in [-0.25, -0.2) is 8.91 Å².